The molecule has 4 fully saturated rings. The van der Waals surface area contributed by atoms with Crippen molar-refractivity contribution in [2.24, 2.45) is 10.8 Å². The summed E-state index contributed by atoms with van der Waals surface area (Å²) >= 11 is 4.60. The molecule has 0 aromatic carbocycles. The number of likely N-dealkylation sites (tertiary alicyclic amines) is 2. The summed E-state index contributed by atoms with van der Waals surface area (Å²) in [6, 6.07) is 0. The van der Waals surface area contributed by atoms with E-state index in [2.05, 4.69) is 21.1 Å². The van der Waals surface area contributed by atoms with Gasteiger partial charge in [0.15, 0.2) is 0 Å². The third-order valence-corrected chi connectivity index (χ3v) is 6.56. The van der Waals surface area contributed by atoms with Gasteiger partial charge in [-0.1, -0.05) is 0 Å². The first-order valence-corrected chi connectivity index (χ1v) is 11.7. The molecular weight excluding hydrogens is 468 g/mol. The lowest BCUT2D eigenvalue weighted by atomic mass is 9.67. The van der Waals surface area contributed by atoms with Crippen molar-refractivity contribution in [2.75, 3.05) is 40.4 Å². The highest BCUT2D eigenvalue weighted by Gasteiger charge is 2.50. The summed E-state index contributed by atoms with van der Waals surface area (Å²) < 4.78 is 13.8. The molecule has 2 aliphatic heterocycles. The van der Waals surface area contributed by atoms with Crippen LogP contribution in [0.4, 0.5) is 14.4 Å². The zero-order valence-corrected chi connectivity index (χ0v) is 21.4. The van der Waals surface area contributed by atoms with Crippen molar-refractivity contribution in [1.82, 2.24) is 9.80 Å². The molecule has 0 aromatic rings. The number of hydrogen-bond acceptors (Lipinski definition) is 8. The summed E-state index contributed by atoms with van der Waals surface area (Å²) in [5, 5.41) is 0. The monoisotopic (exact) mass is 502 g/mol. The number of Topliss-reactive ketones (excluding diaryl/α,β-unsaturated/α-hetero) is 2. The summed E-state index contributed by atoms with van der Waals surface area (Å²) in [5.41, 5.74) is -1.01. The third-order valence-electron chi connectivity index (χ3n) is 6.41. The first-order chi connectivity index (χ1) is 15.7. The minimum absolute atomic E-state index is 0.0913. The molecule has 192 valence electrons. The van der Waals surface area contributed by atoms with E-state index in [1.165, 1.54) is 14.2 Å². The second kappa shape index (κ2) is 10.9. The SMILES string of the molecule is CC(C)(C)OC(=O)N1CCC2(CC(=O)C2)C1.COC(=O)Cl.COC(=O)N1CCC2(CC(=O)C2)C1. The average molecular weight is 503 g/mol. The molecule has 10 nitrogen and oxygen atoms in total. The van der Waals surface area contributed by atoms with E-state index in [0.29, 0.717) is 50.3 Å². The lowest BCUT2D eigenvalue weighted by Gasteiger charge is -2.36. The molecule has 0 N–H and O–H groups in total. The Morgan fingerprint density at radius 1 is 0.794 bits per heavy atom. The van der Waals surface area contributed by atoms with Crippen LogP contribution in [0.25, 0.3) is 0 Å². The maximum absolute atomic E-state index is 11.8. The maximum Gasteiger partial charge on any atom is 0.410 e. The number of carbonyl (C=O) groups is 5. The zero-order valence-electron chi connectivity index (χ0n) is 20.6. The van der Waals surface area contributed by atoms with Gasteiger partial charge in [0.25, 0.3) is 0 Å². The van der Waals surface area contributed by atoms with Crippen LogP contribution in [0.1, 0.15) is 59.3 Å². The Labute approximate surface area is 205 Å². The molecular formula is C23H35ClN2O8. The van der Waals surface area contributed by atoms with Crippen LogP contribution in [0, 0.1) is 10.8 Å². The Balaban J connectivity index is 0.000000204. The van der Waals surface area contributed by atoms with Gasteiger partial charge in [0, 0.05) is 74.3 Å². The van der Waals surface area contributed by atoms with Gasteiger partial charge in [-0.25, -0.2) is 14.4 Å². The minimum atomic E-state index is -0.773. The highest BCUT2D eigenvalue weighted by molar-refractivity contribution is 6.61. The normalized spacial score (nSPS) is 21.5. The van der Waals surface area contributed by atoms with Crippen LogP contribution in [0.15, 0.2) is 0 Å². The topological polar surface area (TPSA) is 120 Å². The molecule has 2 spiro atoms. The van der Waals surface area contributed by atoms with Crippen molar-refractivity contribution in [3.8, 4) is 0 Å². The Morgan fingerprint density at radius 2 is 1.18 bits per heavy atom. The van der Waals surface area contributed by atoms with Gasteiger partial charge in [-0.3, -0.25) is 9.59 Å². The van der Waals surface area contributed by atoms with Crippen molar-refractivity contribution >= 4 is 40.8 Å². The van der Waals surface area contributed by atoms with E-state index < -0.39 is 11.0 Å². The lowest BCUT2D eigenvalue weighted by Crippen LogP contribution is -2.42. The molecule has 4 aliphatic rings. The largest absolute Gasteiger partial charge is 0.457 e. The van der Waals surface area contributed by atoms with Gasteiger partial charge in [0.05, 0.1) is 14.2 Å². The minimum Gasteiger partial charge on any atom is -0.457 e. The van der Waals surface area contributed by atoms with Crippen LogP contribution in [0.3, 0.4) is 0 Å². The van der Waals surface area contributed by atoms with Crippen molar-refractivity contribution in [2.45, 2.75) is 64.9 Å². The van der Waals surface area contributed by atoms with E-state index in [1.54, 1.807) is 9.80 Å². The summed E-state index contributed by atoms with van der Waals surface area (Å²) in [6.07, 6.45) is 3.98. The molecule has 2 saturated carbocycles. The molecule has 4 rings (SSSR count). The molecule has 2 saturated heterocycles. The number of carbonyl (C=O) groups excluding carboxylic acids is 5. The summed E-state index contributed by atoms with van der Waals surface area (Å²) in [5.74, 6) is 0.651. The number of halogens is 1. The number of rotatable bonds is 0. The Kier molecular flexibility index (Phi) is 8.96. The fourth-order valence-corrected chi connectivity index (χ4v) is 4.78. The van der Waals surface area contributed by atoms with Crippen molar-refractivity contribution < 1.29 is 38.2 Å². The van der Waals surface area contributed by atoms with Crippen LogP contribution >= 0.6 is 11.6 Å². The predicted octanol–water partition coefficient (Wildman–Crippen LogP) is 3.78. The molecule has 2 heterocycles. The first-order valence-electron chi connectivity index (χ1n) is 11.3. The number of methoxy groups -OCH3 is 2. The van der Waals surface area contributed by atoms with Gasteiger partial charge < -0.3 is 24.0 Å². The fraction of sp³-hybridized carbons (Fsp3) is 0.783. The summed E-state index contributed by atoms with van der Waals surface area (Å²) in [6.45, 7) is 8.44. The molecule has 0 atom stereocenters. The fourth-order valence-electron chi connectivity index (χ4n) is 4.78. The first kappa shape index (κ1) is 27.9. The van der Waals surface area contributed by atoms with Crippen molar-refractivity contribution in [3.05, 3.63) is 0 Å². The lowest BCUT2D eigenvalue weighted by molar-refractivity contribution is -0.132. The Hall–Kier alpha value is -2.36. The highest BCUT2D eigenvalue weighted by atomic mass is 35.5. The molecule has 0 unspecified atom stereocenters. The summed E-state index contributed by atoms with van der Waals surface area (Å²) in [4.78, 5) is 57.6. The van der Waals surface area contributed by atoms with Crippen LogP contribution in [-0.4, -0.2) is 85.0 Å². The van der Waals surface area contributed by atoms with Crippen molar-refractivity contribution in [3.63, 3.8) is 0 Å². The molecule has 2 aliphatic carbocycles. The quantitative estimate of drug-likeness (QED) is 0.362. The van der Waals surface area contributed by atoms with E-state index in [4.69, 9.17) is 4.74 Å². The van der Waals surface area contributed by atoms with E-state index in [0.717, 1.165) is 25.9 Å². The molecule has 0 aromatic heterocycles. The number of amides is 2. The number of nitrogens with zero attached hydrogens (tertiary/aromatic N) is 2. The summed E-state index contributed by atoms with van der Waals surface area (Å²) in [7, 11) is 2.61. The van der Waals surface area contributed by atoms with Crippen molar-refractivity contribution in [1.29, 1.82) is 0 Å². The maximum atomic E-state index is 11.8. The van der Waals surface area contributed by atoms with Crippen LogP contribution in [-0.2, 0) is 23.8 Å². The molecule has 0 radical (unpaired) electrons. The number of ketones is 2. The molecule has 11 heteroatoms. The second-order valence-corrected chi connectivity index (χ2v) is 10.8. The zero-order chi connectivity index (χ0) is 25.7. The molecule has 2 amide bonds. The molecule has 34 heavy (non-hydrogen) atoms. The van der Waals surface area contributed by atoms with Gasteiger partial charge in [0.2, 0.25) is 0 Å². The van der Waals surface area contributed by atoms with Gasteiger partial charge in [-0.05, 0) is 33.6 Å². The number of ether oxygens (including phenoxy) is 3. The smallest absolute Gasteiger partial charge is 0.410 e. The third kappa shape index (κ3) is 7.58. The Morgan fingerprint density at radius 3 is 1.47 bits per heavy atom. The predicted molar refractivity (Wildman–Crippen MR) is 123 cm³/mol. The van der Waals surface area contributed by atoms with E-state index in [1.807, 2.05) is 20.8 Å². The van der Waals surface area contributed by atoms with Crippen LogP contribution in [0.2, 0.25) is 0 Å². The Bertz CT molecular complexity index is 806. The van der Waals surface area contributed by atoms with Gasteiger partial charge in [0.1, 0.15) is 17.2 Å². The molecule has 0 bridgehead atoms. The highest BCUT2D eigenvalue weighted by Crippen LogP contribution is 2.46. The average Bonchev–Trinajstić information content (AvgIpc) is 3.32. The second-order valence-electron chi connectivity index (χ2n) is 10.5. The number of hydrogen-bond donors (Lipinski definition) is 0. The van der Waals surface area contributed by atoms with E-state index in [-0.39, 0.29) is 23.0 Å². The van der Waals surface area contributed by atoms with E-state index in [9.17, 15) is 24.0 Å². The van der Waals surface area contributed by atoms with Crippen LogP contribution in [0.5, 0.6) is 0 Å². The van der Waals surface area contributed by atoms with E-state index >= 15 is 0 Å². The van der Waals surface area contributed by atoms with Crippen LogP contribution < -0.4 is 0 Å². The van der Waals surface area contributed by atoms with Gasteiger partial charge in [-0.2, -0.15) is 0 Å². The standard InChI is InChI=1S/C12H19NO3.C9H13NO3.C2H3ClO2/c1-11(2,3)16-10(15)13-5-4-12(8-13)6-9(14)7-12;1-13-8(12)10-3-2-9(6-10)4-7(11)5-9;1-5-2(3)4/h4-8H2,1-3H3;2-6H2,1H3;1H3. The van der Waals surface area contributed by atoms with Gasteiger partial charge >= 0.3 is 17.6 Å². The van der Waals surface area contributed by atoms with Gasteiger partial charge in [-0.15, -0.1) is 0 Å².